The number of aromatic nitrogens is 3. The van der Waals surface area contributed by atoms with Gasteiger partial charge in [-0.2, -0.15) is 5.10 Å². The van der Waals surface area contributed by atoms with E-state index in [9.17, 15) is 24.0 Å². The van der Waals surface area contributed by atoms with Gasteiger partial charge in [-0.05, 0) is 61.4 Å². The lowest BCUT2D eigenvalue weighted by Gasteiger charge is -2.32. The van der Waals surface area contributed by atoms with Gasteiger partial charge in [-0.25, -0.2) is 4.98 Å². The monoisotopic (exact) mass is 620 g/mol. The molecule has 2 saturated heterocycles. The summed E-state index contributed by atoms with van der Waals surface area (Å²) in [6.45, 7) is 1.25. The van der Waals surface area contributed by atoms with Gasteiger partial charge in [-0.1, -0.05) is 30.3 Å². The number of hydrogen-bond acceptors (Lipinski definition) is 8. The fraction of sp³-hybridized carbons (Fsp3) is 0.324. The molecule has 0 spiro atoms. The predicted octanol–water partition coefficient (Wildman–Crippen LogP) is 3.13. The zero-order valence-electron chi connectivity index (χ0n) is 25.1. The molecular formula is C34H32N6O6. The largest absolute Gasteiger partial charge is 0.444 e. The van der Waals surface area contributed by atoms with Crippen LogP contribution in [0.15, 0.2) is 71.6 Å². The number of likely N-dealkylation sites (tertiary alicyclic amines) is 1. The van der Waals surface area contributed by atoms with Crippen molar-refractivity contribution in [1.29, 1.82) is 0 Å². The summed E-state index contributed by atoms with van der Waals surface area (Å²) in [5.41, 5.74) is 3.81. The molecule has 1 atom stereocenters. The molecule has 46 heavy (non-hydrogen) atoms. The van der Waals surface area contributed by atoms with Crippen LogP contribution in [-0.2, 0) is 33.6 Å². The molecule has 0 bridgehead atoms. The van der Waals surface area contributed by atoms with E-state index in [0.717, 1.165) is 34.4 Å². The summed E-state index contributed by atoms with van der Waals surface area (Å²) in [7, 11) is 0. The molecule has 2 aromatic heterocycles. The summed E-state index contributed by atoms with van der Waals surface area (Å²) < 4.78 is 7.54. The first-order valence-corrected chi connectivity index (χ1v) is 15.5. The van der Waals surface area contributed by atoms with E-state index >= 15 is 0 Å². The van der Waals surface area contributed by atoms with Crippen molar-refractivity contribution in [2.45, 2.75) is 57.0 Å². The Kier molecular flexibility index (Phi) is 7.77. The molecule has 234 valence electrons. The van der Waals surface area contributed by atoms with Crippen molar-refractivity contribution in [3.63, 3.8) is 0 Å². The molecule has 0 aliphatic carbocycles. The zero-order chi connectivity index (χ0) is 31.8. The summed E-state index contributed by atoms with van der Waals surface area (Å²) in [5.74, 6) is -1.51. The Bertz CT molecular complexity index is 1840. The molecule has 0 saturated carbocycles. The van der Waals surface area contributed by atoms with Crippen molar-refractivity contribution in [2.75, 3.05) is 13.1 Å². The van der Waals surface area contributed by atoms with Gasteiger partial charge in [0.05, 0.1) is 35.5 Å². The number of piperidine rings is 2. The third kappa shape index (κ3) is 5.62. The molecule has 2 fully saturated rings. The third-order valence-corrected chi connectivity index (χ3v) is 8.99. The van der Waals surface area contributed by atoms with E-state index in [-0.39, 0.29) is 36.8 Å². The number of aryl methyl sites for hydroxylation is 2. The van der Waals surface area contributed by atoms with Gasteiger partial charge in [-0.15, -0.1) is 0 Å². The second-order valence-corrected chi connectivity index (χ2v) is 11.9. The maximum absolute atomic E-state index is 13.4. The van der Waals surface area contributed by atoms with Gasteiger partial charge in [0, 0.05) is 31.3 Å². The second-order valence-electron chi connectivity index (χ2n) is 11.9. The van der Waals surface area contributed by atoms with Crippen molar-refractivity contribution in [1.82, 2.24) is 29.9 Å². The van der Waals surface area contributed by atoms with Crippen molar-refractivity contribution < 1.29 is 28.4 Å². The molecule has 5 amide bonds. The van der Waals surface area contributed by atoms with E-state index in [1.165, 1.54) is 0 Å². The van der Waals surface area contributed by atoms with Crippen LogP contribution < -0.4 is 5.32 Å². The maximum Gasteiger partial charge on any atom is 0.262 e. The Morgan fingerprint density at radius 3 is 2.52 bits per heavy atom. The Balaban J connectivity index is 0.937. The van der Waals surface area contributed by atoms with Gasteiger partial charge in [0.1, 0.15) is 12.3 Å². The van der Waals surface area contributed by atoms with Crippen LogP contribution in [0.5, 0.6) is 0 Å². The van der Waals surface area contributed by atoms with E-state index in [4.69, 9.17) is 4.42 Å². The number of benzene rings is 2. The van der Waals surface area contributed by atoms with Crippen molar-refractivity contribution in [3.8, 4) is 11.5 Å². The molecule has 3 aliphatic rings. The summed E-state index contributed by atoms with van der Waals surface area (Å²) in [6, 6.07) is 13.9. The zero-order valence-corrected chi connectivity index (χ0v) is 25.1. The van der Waals surface area contributed by atoms with E-state index < -0.39 is 29.7 Å². The van der Waals surface area contributed by atoms with Crippen LogP contribution in [0.3, 0.4) is 0 Å². The number of hydrogen-bond donors (Lipinski definition) is 1. The normalized spacial score (nSPS) is 18.7. The van der Waals surface area contributed by atoms with Crippen LogP contribution in [0, 0.1) is 0 Å². The number of fused-ring (bicyclic) bond motifs is 1. The van der Waals surface area contributed by atoms with E-state index in [2.05, 4.69) is 15.4 Å². The fourth-order valence-corrected chi connectivity index (χ4v) is 6.53. The van der Waals surface area contributed by atoms with Gasteiger partial charge in [0.15, 0.2) is 0 Å². The summed E-state index contributed by atoms with van der Waals surface area (Å²) in [6.07, 6.45) is 8.43. The van der Waals surface area contributed by atoms with Crippen LogP contribution in [0.2, 0.25) is 0 Å². The summed E-state index contributed by atoms with van der Waals surface area (Å²) in [4.78, 5) is 70.9. The van der Waals surface area contributed by atoms with Crippen molar-refractivity contribution in [3.05, 3.63) is 95.1 Å². The maximum atomic E-state index is 13.4. The number of amides is 5. The molecule has 7 rings (SSSR count). The van der Waals surface area contributed by atoms with Crippen LogP contribution >= 0.6 is 0 Å². The number of oxazole rings is 1. The molecule has 5 heterocycles. The predicted molar refractivity (Wildman–Crippen MR) is 163 cm³/mol. The Hall–Kier alpha value is -5.39. The summed E-state index contributed by atoms with van der Waals surface area (Å²) >= 11 is 0. The van der Waals surface area contributed by atoms with Gasteiger partial charge in [-0.3, -0.25) is 38.9 Å². The highest BCUT2D eigenvalue weighted by Gasteiger charge is 2.45. The first kappa shape index (κ1) is 29.3. The van der Waals surface area contributed by atoms with Crippen molar-refractivity contribution >= 4 is 29.5 Å². The molecular weight excluding hydrogens is 588 g/mol. The standard InChI is InChI=1S/C34H32N6O6/c41-28-12-11-27(31(43)37-28)40-33(44)26-8-4-7-22(30(26)34(40)45)10-9-21-18-35-39(19-21)25-13-15-38(16-14-25)29(42)17-24-20-46-32(36-24)23-5-2-1-3-6-23/h1-8,18-20,25,27H,9-17H2,(H,37,41,43). The van der Waals surface area contributed by atoms with Crippen LogP contribution in [0.25, 0.3) is 11.5 Å². The Morgan fingerprint density at radius 1 is 0.935 bits per heavy atom. The lowest BCUT2D eigenvalue weighted by atomic mass is 9.98. The Morgan fingerprint density at radius 2 is 1.74 bits per heavy atom. The highest BCUT2D eigenvalue weighted by atomic mass is 16.3. The van der Waals surface area contributed by atoms with E-state index in [1.807, 2.05) is 58.4 Å². The molecule has 12 nitrogen and oxygen atoms in total. The highest BCUT2D eigenvalue weighted by molar-refractivity contribution is 6.24. The average Bonchev–Trinajstić information content (AvgIpc) is 3.80. The van der Waals surface area contributed by atoms with Crippen LogP contribution in [-0.4, -0.2) is 73.2 Å². The topological polar surface area (TPSA) is 148 Å². The second kappa shape index (κ2) is 12.2. The van der Waals surface area contributed by atoms with Crippen LogP contribution in [0.1, 0.15) is 69.3 Å². The summed E-state index contributed by atoms with van der Waals surface area (Å²) in [5, 5.41) is 6.83. The number of carbonyl (C=O) groups is 5. The highest BCUT2D eigenvalue weighted by Crippen LogP contribution is 2.31. The first-order valence-electron chi connectivity index (χ1n) is 15.5. The minimum Gasteiger partial charge on any atom is -0.444 e. The first-order chi connectivity index (χ1) is 22.4. The van der Waals surface area contributed by atoms with Gasteiger partial charge >= 0.3 is 0 Å². The van der Waals surface area contributed by atoms with Crippen molar-refractivity contribution in [2.24, 2.45) is 0 Å². The van der Waals surface area contributed by atoms with Crippen LogP contribution in [0.4, 0.5) is 0 Å². The SMILES string of the molecule is O=C1CCC(N2C(=O)c3cccc(CCc4cnn(C5CCN(C(=O)Cc6coc(-c7ccccc7)n6)CC5)c4)c3C2=O)C(=O)N1. The molecule has 0 radical (unpaired) electrons. The minimum absolute atomic E-state index is 0.0205. The molecule has 1 N–H and O–H groups in total. The molecule has 2 aromatic carbocycles. The van der Waals surface area contributed by atoms with E-state index in [0.29, 0.717) is 43.1 Å². The van der Waals surface area contributed by atoms with Gasteiger partial charge in [0.2, 0.25) is 23.6 Å². The van der Waals surface area contributed by atoms with Gasteiger partial charge in [0.25, 0.3) is 11.8 Å². The number of nitrogens with zero attached hydrogens (tertiary/aromatic N) is 5. The number of imide groups is 2. The fourth-order valence-electron chi connectivity index (χ4n) is 6.53. The average molecular weight is 621 g/mol. The molecule has 12 heteroatoms. The third-order valence-electron chi connectivity index (χ3n) is 8.99. The quantitative estimate of drug-likeness (QED) is 0.296. The number of rotatable bonds is 8. The molecule has 3 aliphatic heterocycles. The minimum atomic E-state index is -0.993. The Labute approximate surface area is 264 Å². The molecule has 4 aromatic rings. The molecule has 1 unspecified atom stereocenters. The lowest BCUT2D eigenvalue weighted by Crippen LogP contribution is -2.54. The van der Waals surface area contributed by atoms with Gasteiger partial charge < -0.3 is 9.32 Å². The lowest BCUT2D eigenvalue weighted by molar-refractivity contribution is -0.136. The number of carbonyl (C=O) groups excluding carboxylic acids is 5. The number of nitrogens with one attached hydrogen (secondary N) is 1. The van der Waals surface area contributed by atoms with E-state index in [1.54, 1.807) is 18.4 Å². The smallest absolute Gasteiger partial charge is 0.262 e.